The van der Waals surface area contributed by atoms with Crippen LogP contribution in [0.25, 0.3) is 0 Å². The molecule has 1 aromatic carbocycles. The molecule has 3 heterocycles. The van der Waals surface area contributed by atoms with E-state index in [1.54, 1.807) is 7.11 Å². The summed E-state index contributed by atoms with van der Waals surface area (Å²) in [4.78, 5) is 12.4. The molecule has 0 unspecified atom stereocenters. The van der Waals surface area contributed by atoms with Gasteiger partial charge in [0.05, 0.1) is 6.61 Å². The van der Waals surface area contributed by atoms with Crippen molar-refractivity contribution in [1.29, 1.82) is 0 Å². The van der Waals surface area contributed by atoms with Crippen LogP contribution in [-0.4, -0.2) is 43.8 Å². The lowest BCUT2D eigenvalue weighted by Crippen LogP contribution is -2.62. The van der Waals surface area contributed by atoms with Crippen LogP contribution in [0.1, 0.15) is 38.0 Å². The Bertz CT molecular complexity index is 687. The lowest BCUT2D eigenvalue weighted by molar-refractivity contribution is -0.353. The van der Waals surface area contributed by atoms with E-state index < -0.39 is 24.3 Å². The van der Waals surface area contributed by atoms with Gasteiger partial charge in [-0.1, -0.05) is 43.3 Å². The van der Waals surface area contributed by atoms with Crippen LogP contribution in [0, 0.1) is 0 Å². The third kappa shape index (κ3) is 3.07. The largest absolute Gasteiger partial charge is 0.452 e. The van der Waals surface area contributed by atoms with E-state index in [9.17, 15) is 4.79 Å². The quantitative estimate of drug-likeness (QED) is 0.610. The Kier molecular flexibility index (Phi) is 4.84. The summed E-state index contributed by atoms with van der Waals surface area (Å²) in [5.74, 6) is -0.270. The number of hydrogen-bond donors (Lipinski definition) is 0. The first kappa shape index (κ1) is 17.7. The van der Waals surface area contributed by atoms with Gasteiger partial charge in [-0.05, 0) is 6.42 Å². The molecule has 0 amide bonds. The molecule has 0 radical (unpaired) electrons. The molecule has 0 bridgehead atoms. The minimum absolute atomic E-state index is 0.270. The number of esters is 1. The lowest BCUT2D eigenvalue weighted by atomic mass is 9.82. The molecule has 6 heteroatoms. The fourth-order valence-electron chi connectivity index (χ4n) is 4.02. The first-order chi connectivity index (χ1) is 12.6. The second-order valence-electron chi connectivity index (χ2n) is 6.95. The number of fused-ring (bicyclic) bond motifs is 2. The highest BCUT2D eigenvalue weighted by Gasteiger charge is 2.59. The predicted molar refractivity (Wildman–Crippen MR) is 92.1 cm³/mol. The summed E-state index contributed by atoms with van der Waals surface area (Å²) in [5, 5.41) is 0. The van der Waals surface area contributed by atoms with Crippen LogP contribution in [-0.2, 0) is 28.5 Å². The molecule has 1 spiro atoms. The van der Waals surface area contributed by atoms with Gasteiger partial charge in [-0.25, -0.2) is 4.79 Å². The number of rotatable bonds is 3. The number of carbonyl (C=O) groups excluding carboxylic acids is 1. The highest BCUT2D eigenvalue weighted by molar-refractivity contribution is 5.91. The maximum Gasteiger partial charge on any atom is 0.334 e. The fraction of sp³-hybridized carbons (Fsp3) is 0.550. The van der Waals surface area contributed by atoms with Crippen LogP contribution in [0.3, 0.4) is 0 Å². The van der Waals surface area contributed by atoms with E-state index in [0.29, 0.717) is 25.0 Å². The Morgan fingerprint density at radius 1 is 1.27 bits per heavy atom. The van der Waals surface area contributed by atoms with Crippen molar-refractivity contribution in [2.45, 2.75) is 56.6 Å². The molecule has 140 valence electrons. The summed E-state index contributed by atoms with van der Waals surface area (Å²) in [6.07, 6.45) is 1.96. The van der Waals surface area contributed by atoms with Crippen molar-refractivity contribution in [2.75, 3.05) is 13.7 Å². The highest BCUT2D eigenvalue weighted by Crippen LogP contribution is 2.47. The Balaban J connectivity index is 1.63. The molecule has 0 aromatic heterocycles. The average molecular weight is 360 g/mol. The van der Waals surface area contributed by atoms with Crippen LogP contribution in [0.2, 0.25) is 0 Å². The molecule has 0 saturated carbocycles. The molecule has 0 aliphatic carbocycles. The van der Waals surface area contributed by atoms with Crippen LogP contribution >= 0.6 is 0 Å². The third-order valence-corrected chi connectivity index (χ3v) is 5.21. The van der Waals surface area contributed by atoms with E-state index in [-0.39, 0.29) is 12.1 Å². The third-order valence-electron chi connectivity index (χ3n) is 5.21. The van der Waals surface area contributed by atoms with Crippen molar-refractivity contribution in [3.05, 3.63) is 47.5 Å². The molecule has 4 rings (SSSR count). The van der Waals surface area contributed by atoms with Gasteiger partial charge in [0.1, 0.15) is 12.2 Å². The Hall–Kier alpha value is -1.73. The monoisotopic (exact) mass is 360 g/mol. The summed E-state index contributed by atoms with van der Waals surface area (Å²) in [6, 6.07) is 9.76. The molecule has 26 heavy (non-hydrogen) atoms. The van der Waals surface area contributed by atoms with Crippen molar-refractivity contribution in [3.63, 3.8) is 0 Å². The topological polar surface area (TPSA) is 63.2 Å². The van der Waals surface area contributed by atoms with Crippen molar-refractivity contribution in [1.82, 2.24) is 0 Å². The smallest absolute Gasteiger partial charge is 0.334 e. The van der Waals surface area contributed by atoms with Crippen LogP contribution in [0.4, 0.5) is 0 Å². The van der Waals surface area contributed by atoms with Gasteiger partial charge >= 0.3 is 5.97 Å². The summed E-state index contributed by atoms with van der Waals surface area (Å²) in [5.41, 5.74) is 0.858. The number of benzene rings is 1. The summed E-state index contributed by atoms with van der Waals surface area (Å²) in [6.45, 7) is 2.36. The Morgan fingerprint density at radius 2 is 2.08 bits per heavy atom. The van der Waals surface area contributed by atoms with E-state index in [4.69, 9.17) is 23.7 Å². The number of hydrogen-bond acceptors (Lipinski definition) is 6. The Labute approximate surface area is 153 Å². The molecule has 3 saturated heterocycles. The van der Waals surface area contributed by atoms with E-state index in [1.807, 2.05) is 43.3 Å². The van der Waals surface area contributed by atoms with Crippen LogP contribution in [0.5, 0.6) is 0 Å². The zero-order valence-corrected chi connectivity index (χ0v) is 15.1. The minimum atomic E-state index is -0.779. The zero-order valence-electron chi connectivity index (χ0n) is 15.1. The first-order valence-corrected chi connectivity index (χ1v) is 9.08. The maximum atomic E-state index is 12.4. The van der Waals surface area contributed by atoms with E-state index >= 15 is 0 Å². The molecular formula is C20H24O6. The molecule has 6 nitrogen and oxygen atoms in total. The SMILES string of the molecule is CC/C=C1\C[C@@]2(C[C@@H](OC)O[C@@H]3CO[C@@H](c4ccccc4)O[C@H]32)OC1=O. The van der Waals surface area contributed by atoms with Crippen molar-refractivity contribution in [2.24, 2.45) is 0 Å². The van der Waals surface area contributed by atoms with E-state index in [2.05, 4.69) is 0 Å². The van der Waals surface area contributed by atoms with Crippen LogP contribution in [0.15, 0.2) is 42.0 Å². The number of methoxy groups -OCH3 is 1. The van der Waals surface area contributed by atoms with Gasteiger partial charge in [0, 0.05) is 31.1 Å². The second-order valence-corrected chi connectivity index (χ2v) is 6.95. The van der Waals surface area contributed by atoms with Gasteiger partial charge in [-0.15, -0.1) is 0 Å². The highest BCUT2D eigenvalue weighted by atomic mass is 16.8. The average Bonchev–Trinajstić information content (AvgIpc) is 2.98. The number of ether oxygens (including phenoxy) is 5. The van der Waals surface area contributed by atoms with Gasteiger partial charge in [0.15, 0.2) is 18.2 Å². The van der Waals surface area contributed by atoms with Crippen LogP contribution < -0.4 is 0 Å². The maximum absolute atomic E-state index is 12.4. The van der Waals surface area contributed by atoms with Gasteiger partial charge < -0.3 is 23.7 Å². The number of carbonyl (C=O) groups is 1. The van der Waals surface area contributed by atoms with Gasteiger partial charge in [0.25, 0.3) is 0 Å². The molecule has 0 N–H and O–H groups in total. The normalized spacial score (nSPS) is 38.4. The van der Waals surface area contributed by atoms with Crippen molar-refractivity contribution >= 4 is 5.97 Å². The molecule has 3 aliphatic rings. The molecular weight excluding hydrogens is 336 g/mol. The van der Waals surface area contributed by atoms with Gasteiger partial charge in [-0.3, -0.25) is 0 Å². The Morgan fingerprint density at radius 3 is 2.81 bits per heavy atom. The molecule has 3 aliphatic heterocycles. The van der Waals surface area contributed by atoms with Gasteiger partial charge in [-0.2, -0.15) is 0 Å². The van der Waals surface area contributed by atoms with Gasteiger partial charge in [0.2, 0.25) is 0 Å². The summed E-state index contributed by atoms with van der Waals surface area (Å²) < 4.78 is 29.4. The lowest BCUT2D eigenvalue weighted by Gasteiger charge is -2.49. The first-order valence-electron chi connectivity index (χ1n) is 9.08. The fourth-order valence-corrected chi connectivity index (χ4v) is 4.02. The molecule has 1 aromatic rings. The predicted octanol–water partition coefficient (Wildman–Crippen LogP) is 2.88. The zero-order chi connectivity index (χ0) is 18.1. The van der Waals surface area contributed by atoms with Crippen molar-refractivity contribution in [3.8, 4) is 0 Å². The van der Waals surface area contributed by atoms with Crippen molar-refractivity contribution < 1.29 is 28.5 Å². The standard InChI is InChI=1S/C20H24O6/c1-3-7-14-10-20(26-18(14)21)11-16(22-2)24-15-12-23-19(25-17(15)20)13-8-5-4-6-9-13/h4-9,15-17,19H,3,10-12H2,1-2H3/b14-7+/t15-,16+,17-,19-,20+/m1/s1. The second kappa shape index (κ2) is 7.12. The number of allylic oxidation sites excluding steroid dienone is 1. The minimum Gasteiger partial charge on any atom is -0.452 e. The van der Waals surface area contributed by atoms with E-state index in [1.165, 1.54) is 0 Å². The van der Waals surface area contributed by atoms with E-state index in [0.717, 1.165) is 12.0 Å². The summed E-state index contributed by atoms with van der Waals surface area (Å²) >= 11 is 0. The molecule has 3 fully saturated rings. The molecule has 5 atom stereocenters. The summed E-state index contributed by atoms with van der Waals surface area (Å²) in [7, 11) is 1.59.